The van der Waals surface area contributed by atoms with Gasteiger partial charge in [-0.3, -0.25) is 5.41 Å². The minimum absolute atomic E-state index is 0.148. The van der Waals surface area contributed by atoms with Gasteiger partial charge in [0.1, 0.15) is 5.82 Å². The van der Waals surface area contributed by atoms with Crippen molar-refractivity contribution in [2.45, 2.75) is 6.42 Å². The fraction of sp³-hybridized carbons (Fsp3) is 0.333. The van der Waals surface area contributed by atoms with Crippen molar-refractivity contribution in [3.63, 3.8) is 0 Å². The number of imidazole rings is 1. The molecule has 0 spiro atoms. The zero-order chi connectivity index (χ0) is 7.56. The summed E-state index contributed by atoms with van der Waals surface area (Å²) < 4.78 is 1.85. The Labute approximate surface area is 59.2 Å². The van der Waals surface area contributed by atoms with Gasteiger partial charge in [0, 0.05) is 19.4 Å². The molecule has 0 aliphatic carbocycles. The lowest BCUT2D eigenvalue weighted by molar-refractivity contribution is 0.836. The molecule has 0 atom stereocenters. The number of aromatic nitrogens is 2. The van der Waals surface area contributed by atoms with Crippen molar-refractivity contribution < 1.29 is 0 Å². The van der Waals surface area contributed by atoms with Crippen LogP contribution in [0.5, 0.6) is 0 Å². The summed E-state index contributed by atoms with van der Waals surface area (Å²) in [7, 11) is 1.88. The average molecular weight is 138 g/mol. The van der Waals surface area contributed by atoms with Gasteiger partial charge in [0.25, 0.3) is 0 Å². The first-order valence-electron chi connectivity index (χ1n) is 2.99. The number of nitrogens with one attached hydrogen (secondary N) is 1. The molecule has 0 unspecified atom stereocenters. The van der Waals surface area contributed by atoms with E-state index in [-0.39, 0.29) is 5.84 Å². The molecule has 0 saturated heterocycles. The molecular formula is C6H10N4. The van der Waals surface area contributed by atoms with Crippen molar-refractivity contribution in [3.05, 3.63) is 18.2 Å². The monoisotopic (exact) mass is 138 g/mol. The van der Waals surface area contributed by atoms with Gasteiger partial charge in [-0.05, 0) is 0 Å². The van der Waals surface area contributed by atoms with Crippen LogP contribution in [0.1, 0.15) is 5.82 Å². The number of nitrogens with zero attached hydrogens (tertiary/aromatic N) is 2. The van der Waals surface area contributed by atoms with E-state index in [9.17, 15) is 0 Å². The van der Waals surface area contributed by atoms with E-state index in [2.05, 4.69) is 4.98 Å². The quantitative estimate of drug-likeness (QED) is 0.442. The molecule has 10 heavy (non-hydrogen) atoms. The van der Waals surface area contributed by atoms with Crippen LogP contribution in [-0.2, 0) is 13.5 Å². The van der Waals surface area contributed by atoms with Crippen molar-refractivity contribution >= 4 is 5.84 Å². The Balaban J connectivity index is 2.74. The summed E-state index contributed by atoms with van der Waals surface area (Å²) in [5.41, 5.74) is 5.18. The molecule has 1 heterocycles. The van der Waals surface area contributed by atoms with Gasteiger partial charge in [0.05, 0.1) is 12.3 Å². The number of amidine groups is 1. The molecule has 0 bridgehead atoms. The molecule has 0 radical (unpaired) electrons. The summed E-state index contributed by atoms with van der Waals surface area (Å²) in [5, 5.41) is 6.99. The zero-order valence-corrected chi connectivity index (χ0v) is 5.83. The molecule has 0 saturated carbocycles. The largest absolute Gasteiger partial charge is 0.387 e. The second-order valence-electron chi connectivity index (χ2n) is 2.16. The van der Waals surface area contributed by atoms with Crippen molar-refractivity contribution in [1.29, 1.82) is 5.41 Å². The van der Waals surface area contributed by atoms with E-state index in [1.807, 2.05) is 17.8 Å². The third-order valence-corrected chi connectivity index (χ3v) is 1.27. The van der Waals surface area contributed by atoms with Gasteiger partial charge in [-0.25, -0.2) is 4.98 Å². The molecule has 3 N–H and O–H groups in total. The minimum atomic E-state index is 0.148. The predicted octanol–water partition coefficient (Wildman–Crippen LogP) is -0.101. The van der Waals surface area contributed by atoms with Crippen molar-refractivity contribution in [1.82, 2.24) is 9.55 Å². The first-order chi connectivity index (χ1) is 4.70. The summed E-state index contributed by atoms with van der Waals surface area (Å²) in [6.07, 6.45) is 3.96. The Bertz CT molecular complexity index is 238. The summed E-state index contributed by atoms with van der Waals surface area (Å²) in [6, 6.07) is 0. The topological polar surface area (TPSA) is 67.7 Å². The van der Waals surface area contributed by atoms with Gasteiger partial charge in [-0.15, -0.1) is 0 Å². The van der Waals surface area contributed by atoms with Crippen LogP contribution in [0.4, 0.5) is 0 Å². The molecule has 0 fully saturated rings. The molecule has 4 heteroatoms. The Kier molecular flexibility index (Phi) is 1.71. The first-order valence-corrected chi connectivity index (χ1v) is 2.99. The van der Waals surface area contributed by atoms with Gasteiger partial charge < -0.3 is 10.3 Å². The minimum Gasteiger partial charge on any atom is -0.387 e. The third-order valence-electron chi connectivity index (χ3n) is 1.27. The highest BCUT2D eigenvalue weighted by molar-refractivity contribution is 5.78. The lowest BCUT2D eigenvalue weighted by atomic mass is 10.4. The van der Waals surface area contributed by atoms with Crippen LogP contribution in [-0.4, -0.2) is 15.4 Å². The summed E-state index contributed by atoms with van der Waals surface area (Å²) in [5.74, 6) is 0.974. The number of aryl methyl sites for hydroxylation is 1. The molecule has 4 nitrogen and oxygen atoms in total. The smallest absolute Gasteiger partial charge is 0.115 e. The first kappa shape index (κ1) is 6.80. The van der Waals surface area contributed by atoms with Gasteiger partial charge in [0.2, 0.25) is 0 Å². The molecule has 0 aliphatic rings. The number of hydrogen-bond donors (Lipinski definition) is 2. The number of nitrogens with two attached hydrogens (primary N) is 1. The number of hydrogen-bond acceptors (Lipinski definition) is 2. The Hall–Kier alpha value is -1.32. The second-order valence-corrected chi connectivity index (χ2v) is 2.16. The SMILES string of the molecule is Cn1ccnc1CC(=N)N. The van der Waals surface area contributed by atoms with Crippen molar-refractivity contribution in [3.8, 4) is 0 Å². The fourth-order valence-electron chi connectivity index (χ4n) is 0.737. The maximum absolute atomic E-state index is 6.99. The van der Waals surface area contributed by atoms with Gasteiger partial charge in [0.15, 0.2) is 0 Å². The van der Waals surface area contributed by atoms with Crippen LogP contribution in [0, 0.1) is 5.41 Å². The Morgan fingerprint density at radius 2 is 2.60 bits per heavy atom. The summed E-state index contributed by atoms with van der Waals surface area (Å²) >= 11 is 0. The van der Waals surface area contributed by atoms with E-state index >= 15 is 0 Å². The van der Waals surface area contributed by atoms with Crippen LogP contribution < -0.4 is 5.73 Å². The van der Waals surface area contributed by atoms with Gasteiger partial charge in [-0.1, -0.05) is 0 Å². The van der Waals surface area contributed by atoms with Crippen molar-refractivity contribution in [2.24, 2.45) is 12.8 Å². The second kappa shape index (κ2) is 2.51. The highest BCUT2D eigenvalue weighted by atomic mass is 15.0. The molecule has 1 aromatic heterocycles. The van der Waals surface area contributed by atoms with Crippen LogP contribution in [0.15, 0.2) is 12.4 Å². The van der Waals surface area contributed by atoms with Crippen LogP contribution in [0.25, 0.3) is 0 Å². The van der Waals surface area contributed by atoms with Crippen LogP contribution in [0.3, 0.4) is 0 Å². The van der Waals surface area contributed by atoms with Crippen LogP contribution >= 0.6 is 0 Å². The maximum Gasteiger partial charge on any atom is 0.115 e. The zero-order valence-electron chi connectivity index (χ0n) is 5.83. The fourth-order valence-corrected chi connectivity index (χ4v) is 0.737. The Morgan fingerprint density at radius 1 is 1.90 bits per heavy atom. The highest BCUT2D eigenvalue weighted by Gasteiger charge is 1.98. The van der Waals surface area contributed by atoms with Gasteiger partial charge in [-0.2, -0.15) is 0 Å². The lowest BCUT2D eigenvalue weighted by Gasteiger charge is -1.97. The van der Waals surface area contributed by atoms with E-state index < -0.39 is 0 Å². The van der Waals surface area contributed by atoms with E-state index in [0.29, 0.717) is 6.42 Å². The molecule has 1 rings (SSSR count). The molecule has 0 aromatic carbocycles. The highest BCUT2D eigenvalue weighted by Crippen LogP contribution is 1.93. The van der Waals surface area contributed by atoms with Gasteiger partial charge >= 0.3 is 0 Å². The molecule has 1 aromatic rings. The van der Waals surface area contributed by atoms with E-state index in [4.69, 9.17) is 11.1 Å². The normalized spacial score (nSPS) is 9.70. The molecule has 0 amide bonds. The van der Waals surface area contributed by atoms with E-state index in [1.54, 1.807) is 6.20 Å². The maximum atomic E-state index is 6.99. The molecule has 0 aliphatic heterocycles. The summed E-state index contributed by atoms with van der Waals surface area (Å²) in [6.45, 7) is 0. The van der Waals surface area contributed by atoms with Crippen molar-refractivity contribution in [2.75, 3.05) is 0 Å². The third kappa shape index (κ3) is 1.34. The average Bonchev–Trinajstić information content (AvgIpc) is 2.15. The van der Waals surface area contributed by atoms with E-state index in [0.717, 1.165) is 5.82 Å². The standard InChI is InChI=1S/C6H10N4/c1-10-3-2-9-6(10)4-5(7)8/h2-3H,4H2,1H3,(H3,7,8). The van der Waals surface area contributed by atoms with E-state index in [1.165, 1.54) is 0 Å². The number of rotatable bonds is 2. The Morgan fingerprint density at radius 3 is 3.00 bits per heavy atom. The summed E-state index contributed by atoms with van der Waals surface area (Å²) in [4.78, 5) is 4.00. The predicted molar refractivity (Wildman–Crippen MR) is 38.8 cm³/mol. The van der Waals surface area contributed by atoms with Crippen LogP contribution in [0.2, 0.25) is 0 Å². The molecule has 54 valence electrons. The molecular weight excluding hydrogens is 128 g/mol. The lowest BCUT2D eigenvalue weighted by Crippen LogP contribution is -2.15.